The highest BCUT2D eigenvalue weighted by Gasteiger charge is 2.44. The molecule has 4 rings (SSSR count). The Kier molecular flexibility index (Phi) is 9.31. The summed E-state index contributed by atoms with van der Waals surface area (Å²) in [5, 5.41) is 10.3. The zero-order valence-electron chi connectivity index (χ0n) is 24.4. The number of benzene rings is 3. The van der Waals surface area contributed by atoms with E-state index in [2.05, 4.69) is 142 Å². The highest BCUT2D eigenvalue weighted by Crippen LogP contribution is 2.44. The molecule has 3 aromatic rings. The van der Waals surface area contributed by atoms with Crippen molar-refractivity contribution in [3.63, 3.8) is 0 Å². The van der Waals surface area contributed by atoms with E-state index in [4.69, 9.17) is 9.42 Å². The van der Waals surface area contributed by atoms with Gasteiger partial charge >= 0.3 is 0 Å². The molecular weight excluding hydrogens is 498 g/mol. The van der Waals surface area contributed by atoms with Crippen molar-refractivity contribution in [2.24, 2.45) is 4.99 Å². The van der Waals surface area contributed by atoms with Crippen molar-refractivity contribution in [2.75, 3.05) is 26.8 Å². The highest BCUT2D eigenvalue weighted by molar-refractivity contribution is 6.74. The van der Waals surface area contributed by atoms with Gasteiger partial charge in [0.1, 0.15) is 0 Å². The number of rotatable bonds is 10. The molecule has 0 aliphatic carbocycles. The van der Waals surface area contributed by atoms with Crippen molar-refractivity contribution in [1.82, 2.24) is 9.80 Å². The van der Waals surface area contributed by atoms with Gasteiger partial charge in [-0.25, -0.2) is 4.99 Å². The molecule has 1 fully saturated rings. The minimum atomic E-state index is -1.96. The lowest BCUT2D eigenvalue weighted by atomic mass is 9.93. The predicted molar refractivity (Wildman–Crippen MR) is 164 cm³/mol. The predicted octanol–water partition coefficient (Wildman–Crippen LogP) is 6.70. The number of β-amino-alcohol motifs (C(OH)–C–C–N with tert-alkyl or cyclic N) is 1. The molecule has 1 aliphatic rings. The summed E-state index contributed by atoms with van der Waals surface area (Å²) >= 11 is 0. The van der Waals surface area contributed by atoms with Crippen LogP contribution < -0.4 is 0 Å². The van der Waals surface area contributed by atoms with Crippen LogP contribution in [0.1, 0.15) is 49.5 Å². The molecule has 0 spiro atoms. The van der Waals surface area contributed by atoms with Crippen molar-refractivity contribution in [2.45, 2.75) is 63.4 Å². The first-order valence-electron chi connectivity index (χ1n) is 14.1. The zero-order chi connectivity index (χ0) is 28.0. The van der Waals surface area contributed by atoms with Gasteiger partial charge in [-0.3, -0.25) is 0 Å². The molecule has 1 heterocycles. The lowest BCUT2D eigenvalue weighted by Crippen LogP contribution is -2.43. The Morgan fingerprint density at radius 1 is 0.846 bits per heavy atom. The molecule has 5 nitrogen and oxygen atoms in total. The lowest BCUT2D eigenvalue weighted by molar-refractivity contribution is 0.216. The van der Waals surface area contributed by atoms with Gasteiger partial charge in [-0.1, -0.05) is 112 Å². The van der Waals surface area contributed by atoms with Crippen molar-refractivity contribution >= 4 is 14.3 Å². The Hall–Kier alpha value is -2.93. The fourth-order valence-corrected chi connectivity index (χ4v) is 6.17. The molecular formula is C33H45N3O2Si. The standard InChI is InChI=1S/C33H45N3O2Si/c1-33(2,3)39(5,6)38-25-29(24-26-16-10-7-11-17-26)34-32-35(4)30(27-18-12-8-13-19-27)31(36(32)22-23-37)28-20-14-9-15-21-28/h7-21,29-31,37H,22-25H2,1-6H3/t29-,30+,31+/m0/s1. The smallest absolute Gasteiger partial charge is 0.197 e. The van der Waals surface area contributed by atoms with E-state index in [1.807, 2.05) is 0 Å². The monoisotopic (exact) mass is 543 g/mol. The van der Waals surface area contributed by atoms with Crippen LogP contribution in [0.2, 0.25) is 18.1 Å². The average molecular weight is 544 g/mol. The second-order valence-corrected chi connectivity index (χ2v) is 16.9. The number of hydrogen-bond donors (Lipinski definition) is 1. The summed E-state index contributed by atoms with van der Waals surface area (Å²) in [4.78, 5) is 10.0. The quantitative estimate of drug-likeness (QED) is 0.289. The van der Waals surface area contributed by atoms with E-state index in [0.29, 0.717) is 13.2 Å². The molecule has 3 aromatic carbocycles. The maximum Gasteiger partial charge on any atom is 0.197 e. The van der Waals surface area contributed by atoms with Crippen LogP contribution in [0.15, 0.2) is 96.0 Å². The number of aliphatic hydroxyl groups is 1. The molecule has 208 valence electrons. The summed E-state index contributed by atoms with van der Waals surface area (Å²) < 4.78 is 6.74. The van der Waals surface area contributed by atoms with Gasteiger partial charge in [-0.15, -0.1) is 0 Å². The largest absolute Gasteiger partial charge is 0.415 e. The van der Waals surface area contributed by atoms with Crippen LogP contribution in [0.25, 0.3) is 0 Å². The summed E-state index contributed by atoms with van der Waals surface area (Å²) in [6.07, 6.45) is 0.797. The first-order valence-corrected chi connectivity index (χ1v) is 17.0. The summed E-state index contributed by atoms with van der Waals surface area (Å²) in [6.45, 7) is 12.6. The van der Waals surface area contributed by atoms with E-state index in [0.717, 1.165) is 12.4 Å². The highest BCUT2D eigenvalue weighted by atomic mass is 28.4. The minimum Gasteiger partial charge on any atom is -0.415 e. The molecule has 0 amide bonds. The average Bonchev–Trinajstić information content (AvgIpc) is 3.19. The van der Waals surface area contributed by atoms with Crippen LogP contribution in [0.4, 0.5) is 0 Å². The van der Waals surface area contributed by atoms with Crippen LogP contribution in [-0.2, 0) is 10.8 Å². The Balaban J connectivity index is 1.77. The lowest BCUT2D eigenvalue weighted by Gasteiger charge is -2.37. The third-order valence-corrected chi connectivity index (χ3v) is 12.8. The van der Waals surface area contributed by atoms with Crippen molar-refractivity contribution in [3.05, 3.63) is 108 Å². The van der Waals surface area contributed by atoms with Crippen molar-refractivity contribution in [1.29, 1.82) is 0 Å². The topological polar surface area (TPSA) is 48.3 Å². The fourth-order valence-electron chi connectivity index (χ4n) is 5.13. The third kappa shape index (κ3) is 6.80. The van der Waals surface area contributed by atoms with Crippen LogP contribution in [-0.4, -0.2) is 62.0 Å². The number of likely N-dealkylation sites (N-methyl/N-ethyl adjacent to an activating group) is 1. The molecule has 0 saturated carbocycles. The summed E-state index contributed by atoms with van der Waals surface area (Å²) in [5.41, 5.74) is 3.70. The van der Waals surface area contributed by atoms with Gasteiger partial charge in [0.15, 0.2) is 14.3 Å². The molecule has 3 atom stereocenters. The number of aliphatic hydroxyl groups excluding tert-OH is 1. The van der Waals surface area contributed by atoms with E-state index in [9.17, 15) is 5.11 Å². The molecule has 1 N–H and O–H groups in total. The Morgan fingerprint density at radius 2 is 1.36 bits per heavy atom. The van der Waals surface area contributed by atoms with Gasteiger partial charge in [0.25, 0.3) is 0 Å². The number of guanidine groups is 1. The van der Waals surface area contributed by atoms with E-state index >= 15 is 0 Å². The number of hydrogen-bond acceptors (Lipinski definition) is 3. The van der Waals surface area contributed by atoms with Gasteiger partial charge < -0.3 is 19.3 Å². The normalized spacial score (nSPS) is 20.0. The van der Waals surface area contributed by atoms with Gasteiger partial charge in [0.2, 0.25) is 0 Å². The molecule has 1 aliphatic heterocycles. The molecule has 0 bridgehead atoms. The van der Waals surface area contributed by atoms with E-state index < -0.39 is 8.32 Å². The Bertz CT molecular complexity index is 1200. The van der Waals surface area contributed by atoms with E-state index in [1.54, 1.807) is 0 Å². The van der Waals surface area contributed by atoms with Crippen LogP contribution >= 0.6 is 0 Å². The van der Waals surface area contributed by atoms with Crippen LogP contribution in [0, 0.1) is 0 Å². The SMILES string of the molecule is CN1C(=N[C@H](CO[Si](C)(C)C(C)(C)C)Cc2ccccc2)N(CCO)[C@H](c2ccccc2)[C@H]1c1ccccc1. The first kappa shape index (κ1) is 29.1. The minimum absolute atomic E-state index is 0.0307. The molecule has 6 heteroatoms. The van der Waals surface area contributed by atoms with Gasteiger partial charge in [-0.2, -0.15) is 0 Å². The maximum atomic E-state index is 10.2. The number of aliphatic imine (C=N–C) groups is 1. The maximum absolute atomic E-state index is 10.2. The van der Waals surface area contributed by atoms with Crippen LogP contribution in [0.3, 0.4) is 0 Å². The zero-order valence-corrected chi connectivity index (χ0v) is 25.4. The van der Waals surface area contributed by atoms with Gasteiger partial charge in [-0.05, 0) is 41.2 Å². The third-order valence-electron chi connectivity index (χ3n) is 8.30. The van der Waals surface area contributed by atoms with Crippen molar-refractivity contribution < 1.29 is 9.53 Å². The number of nitrogens with zero attached hydrogens (tertiary/aromatic N) is 3. The van der Waals surface area contributed by atoms with Gasteiger partial charge in [0.05, 0.1) is 31.3 Å². The fraction of sp³-hybridized carbons (Fsp3) is 0.424. The summed E-state index contributed by atoms with van der Waals surface area (Å²) in [7, 11) is 0.178. The van der Waals surface area contributed by atoms with Crippen molar-refractivity contribution in [3.8, 4) is 0 Å². The molecule has 0 unspecified atom stereocenters. The Morgan fingerprint density at radius 3 is 1.87 bits per heavy atom. The van der Waals surface area contributed by atoms with Crippen LogP contribution in [0.5, 0.6) is 0 Å². The van der Waals surface area contributed by atoms with E-state index in [-0.39, 0.29) is 29.8 Å². The van der Waals surface area contributed by atoms with Gasteiger partial charge in [0, 0.05) is 13.6 Å². The second kappa shape index (κ2) is 12.5. The van der Waals surface area contributed by atoms with E-state index in [1.165, 1.54) is 16.7 Å². The first-order chi connectivity index (χ1) is 18.6. The second-order valence-electron chi connectivity index (χ2n) is 12.1. The molecule has 0 radical (unpaired) electrons. The Labute approximate surface area is 236 Å². The molecule has 0 aromatic heterocycles. The molecule has 1 saturated heterocycles. The summed E-state index contributed by atoms with van der Waals surface area (Å²) in [5.74, 6) is 0.909. The molecule has 39 heavy (non-hydrogen) atoms. The summed E-state index contributed by atoms with van der Waals surface area (Å²) in [6, 6.07) is 31.9.